The molecule has 1 aliphatic heterocycles. The van der Waals surface area contributed by atoms with Crippen LogP contribution >= 0.6 is 0 Å². The van der Waals surface area contributed by atoms with Gasteiger partial charge in [-0.3, -0.25) is 4.90 Å². The molecule has 0 radical (unpaired) electrons. The van der Waals surface area contributed by atoms with Crippen molar-refractivity contribution in [3.8, 4) is 6.07 Å². The highest BCUT2D eigenvalue weighted by molar-refractivity contribution is 5.18. The third kappa shape index (κ3) is 3.29. The Bertz CT molecular complexity index is 374. The molecule has 1 aromatic carbocycles. The van der Waals surface area contributed by atoms with Crippen molar-refractivity contribution in [2.45, 2.75) is 12.5 Å². The molecule has 1 aromatic rings. The second-order valence-corrected chi connectivity index (χ2v) is 4.67. The monoisotopic (exact) mass is 229 g/mol. The van der Waals surface area contributed by atoms with Crippen LogP contribution < -0.4 is 0 Å². The number of hydrogen-bond donors (Lipinski definition) is 0. The summed E-state index contributed by atoms with van der Waals surface area (Å²) < 4.78 is 0. The fraction of sp³-hybridized carbons (Fsp3) is 0.500. The van der Waals surface area contributed by atoms with Crippen molar-refractivity contribution in [3.63, 3.8) is 0 Å². The second-order valence-electron chi connectivity index (χ2n) is 4.67. The molecular weight excluding hydrogens is 210 g/mol. The Morgan fingerprint density at radius 1 is 1.18 bits per heavy atom. The van der Waals surface area contributed by atoms with Crippen LogP contribution in [0, 0.1) is 11.3 Å². The van der Waals surface area contributed by atoms with Crippen molar-refractivity contribution in [1.82, 2.24) is 9.80 Å². The molecule has 1 unspecified atom stereocenters. The van der Waals surface area contributed by atoms with Gasteiger partial charge in [0.05, 0.1) is 6.07 Å². The molecule has 0 amide bonds. The van der Waals surface area contributed by atoms with Gasteiger partial charge in [0.2, 0.25) is 0 Å². The summed E-state index contributed by atoms with van der Waals surface area (Å²) in [6.45, 7) is 4.13. The fourth-order valence-corrected chi connectivity index (χ4v) is 2.23. The molecule has 90 valence electrons. The first-order chi connectivity index (χ1) is 8.29. The number of likely N-dealkylation sites (N-methyl/N-ethyl adjacent to an activating group) is 1. The van der Waals surface area contributed by atoms with E-state index in [4.69, 9.17) is 0 Å². The molecule has 1 aliphatic rings. The predicted molar refractivity (Wildman–Crippen MR) is 68.6 cm³/mol. The highest BCUT2D eigenvalue weighted by Gasteiger charge is 2.22. The SMILES string of the molecule is CN1CCN(C(C#N)Cc2ccccc2)CC1. The van der Waals surface area contributed by atoms with Crippen LogP contribution in [-0.2, 0) is 6.42 Å². The number of rotatable bonds is 3. The lowest BCUT2D eigenvalue weighted by atomic mass is 10.1. The number of nitriles is 1. The van der Waals surface area contributed by atoms with Crippen LogP contribution in [0.2, 0.25) is 0 Å². The number of hydrogen-bond acceptors (Lipinski definition) is 3. The summed E-state index contributed by atoms with van der Waals surface area (Å²) in [5.74, 6) is 0. The van der Waals surface area contributed by atoms with Gasteiger partial charge in [0.15, 0.2) is 0 Å². The summed E-state index contributed by atoms with van der Waals surface area (Å²) in [7, 11) is 2.13. The first kappa shape index (κ1) is 12.1. The smallest absolute Gasteiger partial charge is 0.102 e. The van der Waals surface area contributed by atoms with Crippen molar-refractivity contribution in [2.24, 2.45) is 0 Å². The van der Waals surface area contributed by atoms with E-state index < -0.39 is 0 Å². The molecule has 0 saturated carbocycles. The van der Waals surface area contributed by atoms with Crippen molar-refractivity contribution in [1.29, 1.82) is 5.26 Å². The molecule has 1 atom stereocenters. The zero-order valence-corrected chi connectivity index (χ0v) is 10.3. The minimum atomic E-state index is 0.0195. The summed E-state index contributed by atoms with van der Waals surface area (Å²) in [5, 5.41) is 9.30. The third-order valence-electron chi connectivity index (χ3n) is 3.40. The van der Waals surface area contributed by atoms with Gasteiger partial charge in [-0.1, -0.05) is 30.3 Å². The first-order valence-electron chi connectivity index (χ1n) is 6.16. The Labute approximate surface area is 103 Å². The van der Waals surface area contributed by atoms with Gasteiger partial charge in [-0.2, -0.15) is 5.26 Å². The van der Waals surface area contributed by atoms with Crippen molar-refractivity contribution in [3.05, 3.63) is 35.9 Å². The van der Waals surface area contributed by atoms with Crippen molar-refractivity contribution < 1.29 is 0 Å². The average Bonchev–Trinajstić information content (AvgIpc) is 2.38. The average molecular weight is 229 g/mol. The highest BCUT2D eigenvalue weighted by atomic mass is 15.3. The topological polar surface area (TPSA) is 30.3 Å². The molecule has 0 aliphatic carbocycles. The van der Waals surface area contributed by atoms with Crippen LogP contribution in [0.15, 0.2) is 30.3 Å². The molecule has 17 heavy (non-hydrogen) atoms. The van der Waals surface area contributed by atoms with E-state index in [1.54, 1.807) is 0 Å². The van der Waals surface area contributed by atoms with Gasteiger partial charge in [-0.25, -0.2) is 0 Å². The summed E-state index contributed by atoms with van der Waals surface area (Å²) in [4.78, 5) is 4.61. The number of nitrogens with zero attached hydrogens (tertiary/aromatic N) is 3. The van der Waals surface area contributed by atoms with Gasteiger partial charge in [0.25, 0.3) is 0 Å². The maximum absolute atomic E-state index is 9.30. The molecule has 0 N–H and O–H groups in total. The molecule has 3 nitrogen and oxygen atoms in total. The van der Waals surface area contributed by atoms with E-state index in [0.29, 0.717) is 0 Å². The summed E-state index contributed by atoms with van der Waals surface area (Å²) in [6.07, 6.45) is 0.834. The van der Waals surface area contributed by atoms with Gasteiger partial charge in [0.1, 0.15) is 6.04 Å². The van der Waals surface area contributed by atoms with Crippen LogP contribution in [0.25, 0.3) is 0 Å². The van der Waals surface area contributed by atoms with E-state index >= 15 is 0 Å². The van der Waals surface area contributed by atoms with Crippen LogP contribution in [0.1, 0.15) is 5.56 Å². The van der Waals surface area contributed by atoms with Gasteiger partial charge < -0.3 is 4.90 Å². The van der Waals surface area contributed by atoms with Gasteiger partial charge in [-0.15, -0.1) is 0 Å². The molecule has 0 bridgehead atoms. The normalized spacial score (nSPS) is 19.8. The number of benzene rings is 1. The van der Waals surface area contributed by atoms with E-state index in [-0.39, 0.29) is 6.04 Å². The quantitative estimate of drug-likeness (QED) is 0.784. The lowest BCUT2D eigenvalue weighted by molar-refractivity contribution is 0.132. The maximum Gasteiger partial charge on any atom is 0.102 e. The third-order valence-corrected chi connectivity index (χ3v) is 3.40. The molecular formula is C14H19N3. The van der Waals surface area contributed by atoms with E-state index in [1.165, 1.54) is 5.56 Å². The van der Waals surface area contributed by atoms with E-state index in [0.717, 1.165) is 32.6 Å². The maximum atomic E-state index is 9.30. The highest BCUT2D eigenvalue weighted by Crippen LogP contribution is 2.10. The standard InChI is InChI=1S/C14H19N3/c1-16-7-9-17(10-8-16)14(12-15)11-13-5-3-2-4-6-13/h2-6,14H,7-11H2,1H3. The number of piperazine rings is 1. The predicted octanol–water partition coefficient (Wildman–Crippen LogP) is 1.37. The van der Waals surface area contributed by atoms with Crippen molar-refractivity contribution >= 4 is 0 Å². The fourth-order valence-electron chi connectivity index (χ4n) is 2.23. The van der Waals surface area contributed by atoms with E-state index in [1.807, 2.05) is 18.2 Å². The van der Waals surface area contributed by atoms with E-state index in [9.17, 15) is 5.26 Å². The Balaban J connectivity index is 1.96. The lowest BCUT2D eigenvalue weighted by Crippen LogP contribution is -2.49. The summed E-state index contributed by atoms with van der Waals surface area (Å²) >= 11 is 0. The minimum absolute atomic E-state index is 0.0195. The van der Waals surface area contributed by atoms with Crippen LogP contribution in [-0.4, -0.2) is 49.1 Å². The Morgan fingerprint density at radius 2 is 1.82 bits per heavy atom. The largest absolute Gasteiger partial charge is 0.304 e. The minimum Gasteiger partial charge on any atom is -0.304 e. The molecule has 3 heteroatoms. The molecule has 0 aromatic heterocycles. The molecule has 0 spiro atoms. The lowest BCUT2D eigenvalue weighted by Gasteiger charge is -2.35. The van der Waals surface area contributed by atoms with Crippen LogP contribution in [0.3, 0.4) is 0 Å². The summed E-state index contributed by atoms with van der Waals surface area (Å²) in [6, 6.07) is 12.7. The molecule has 1 saturated heterocycles. The van der Waals surface area contributed by atoms with Crippen molar-refractivity contribution in [2.75, 3.05) is 33.2 Å². The summed E-state index contributed by atoms with van der Waals surface area (Å²) in [5.41, 5.74) is 1.25. The Kier molecular flexibility index (Phi) is 4.13. The zero-order valence-electron chi connectivity index (χ0n) is 10.3. The Morgan fingerprint density at radius 3 is 2.41 bits per heavy atom. The molecule has 1 heterocycles. The van der Waals surface area contributed by atoms with Gasteiger partial charge in [-0.05, 0) is 12.6 Å². The van der Waals surface area contributed by atoms with Gasteiger partial charge >= 0.3 is 0 Å². The van der Waals surface area contributed by atoms with Crippen LogP contribution in [0.4, 0.5) is 0 Å². The van der Waals surface area contributed by atoms with Gasteiger partial charge in [0, 0.05) is 32.6 Å². The van der Waals surface area contributed by atoms with Crippen LogP contribution in [0.5, 0.6) is 0 Å². The second kappa shape index (κ2) is 5.81. The van der Waals surface area contributed by atoms with E-state index in [2.05, 4.69) is 35.0 Å². The molecule has 2 rings (SSSR count). The Hall–Kier alpha value is -1.37. The zero-order chi connectivity index (χ0) is 12.1. The molecule has 1 fully saturated rings. The first-order valence-corrected chi connectivity index (χ1v) is 6.16.